The SMILES string of the molecule is C=C(Cn1nccn1)[C@H]1CC[C@H]2[C@@H]3CC[C@H]4C[C@@](O)(CF)CC[C@@H]4[C@H]3CC[C@]12C. The summed E-state index contributed by atoms with van der Waals surface area (Å²) in [6.07, 6.45) is 13.5. The second kappa shape index (κ2) is 7.18. The minimum absolute atomic E-state index is 0.354. The Morgan fingerprint density at radius 1 is 1.07 bits per heavy atom. The Labute approximate surface area is 174 Å². The fraction of sp³-hybridized carbons (Fsp3) is 0.833. The van der Waals surface area contributed by atoms with Crippen molar-refractivity contribution < 1.29 is 9.50 Å². The van der Waals surface area contributed by atoms with E-state index in [2.05, 4.69) is 23.7 Å². The van der Waals surface area contributed by atoms with Gasteiger partial charge in [-0.3, -0.25) is 0 Å². The Morgan fingerprint density at radius 2 is 1.83 bits per heavy atom. The van der Waals surface area contributed by atoms with Gasteiger partial charge in [-0.1, -0.05) is 19.1 Å². The van der Waals surface area contributed by atoms with Gasteiger partial charge in [0.1, 0.15) is 6.67 Å². The van der Waals surface area contributed by atoms with E-state index in [9.17, 15) is 9.50 Å². The van der Waals surface area contributed by atoms with Gasteiger partial charge < -0.3 is 5.11 Å². The first-order valence-electron chi connectivity index (χ1n) is 11.7. The molecule has 1 aromatic heterocycles. The Kier molecular flexibility index (Phi) is 4.88. The van der Waals surface area contributed by atoms with Crippen LogP contribution in [0.4, 0.5) is 4.39 Å². The fourth-order valence-electron chi connectivity index (χ4n) is 8.37. The first kappa shape index (κ1) is 19.7. The maximum Gasteiger partial charge on any atom is 0.118 e. The lowest BCUT2D eigenvalue weighted by Crippen LogP contribution is -2.51. The number of rotatable bonds is 4. The van der Waals surface area contributed by atoms with Crippen molar-refractivity contribution in [3.05, 3.63) is 24.5 Å². The molecule has 1 heterocycles. The second-order valence-corrected chi connectivity index (χ2v) is 10.9. The van der Waals surface area contributed by atoms with Crippen LogP contribution in [0.2, 0.25) is 0 Å². The molecule has 0 saturated heterocycles. The molecule has 0 unspecified atom stereocenters. The lowest BCUT2D eigenvalue weighted by Gasteiger charge is -2.57. The van der Waals surface area contributed by atoms with Crippen molar-refractivity contribution >= 4 is 0 Å². The van der Waals surface area contributed by atoms with Crippen molar-refractivity contribution in [1.82, 2.24) is 15.0 Å². The van der Waals surface area contributed by atoms with Gasteiger partial charge in [0, 0.05) is 0 Å². The maximum absolute atomic E-state index is 13.4. The molecule has 1 aromatic rings. The number of aromatic nitrogens is 3. The minimum atomic E-state index is -1.03. The summed E-state index contributed by atoms with van der Waals surface area (Å²) >= 11 is 0. The van der Waals surface area contributed by atoms with E-state index >= 15 is 0 Å². The van der Waals surface area contributed by atoms with Crippen LogP contribution in [0.1, 0.15) is 64.7 Å². The molecular weight excluding hydrogens is 365 g/mol. The lowest BCUT2D eigenvalue weighted by atomic mass is 9.48. The van der Waals surface area contributed by atoms with E-state index in [0.29, 0.717) is 36.0 Å². The molecule has 4 aliphatic carbocycles. The number of allylic oxidation sites excluding steroid dienone is 1. The van der Waals surface area contributed by atoms with E-state index in [4.69, 9.17) is 0 Å². The summed E-state index contributed by atoms with van der Waals surface area (Å²) < 4.78 is 13.4. The fourth-order valence-corrected chi connectivity index (χ4v) is 8.37. The third-order valence-electron chi connectivity index (χ3n) is 9.66. The van der Waals surface area contributed by atoms with Crippen molar-refractivity contribution in [2.75, 3.05) is 6.67 Å². The standard InChI is InChI=1S/C24H36FN3O/c1-16(14-28-26-11-12-27-28)21-5-6-22-20-4-3-17-13-24(29,15-25)10-8-18(17)19(20)7-9-23(21,22)2/h11-12,17-22,29H,1,3-10,13-15H2,2H3/t17-,18-,19+,20+,21+,22-,23+,24+/m0/s1. The highest BCUT2D eigenvalue weighted by molar-refractivity contribution is 5.15. The zero-order valence-electron chi connectivity index (χ0n) is 17.8. The summed E-state index contributed by atoms with van der Waals surface area (Å²) in [6, 6.07) is 0. The highest BCUT2D eigenvalue weighted by Crippen LogP contribution is 2.65. The summed E-state index contributed by atoms with van der Waals surface area (Å²) in [5.41, 5.74) is 0.615. The molecule has 8 atom stereocenters. The predicted molar refractivity (Wildman–Crippen MR) is 111 cm³/mol. The Morgan fingerprint density at radius 3 is 2.59 bits per heavy atom. The summed E-state index contributed by atoms with van der Waals surface area (Å²) in [7, 11) is 0. The van der Waals surface area contributed by atoms with Gasteiger partial charge in [-0.25, -0.2) is 4.39 Å². The molecule has 0 spiro atoms. The molecule has 29 heavy (non-hydrogen) atoms. The summed E-state index contributed by atoms with van der Waals surface area (Å²) in [5, 5.41) is 19.1. The molecule has 0 aromatic carbocycles. The van der Waals surface area contributed by atoms with E-state index in [-0.39, 0.29) is 0 Å². The van der Waals surface area contributed by atoms with Crippen molar-refractivity contribution in [3.63, 3.8) is 0 Å². The van der Waals surface area contributed by atoms with Crippen LogP contribution < -0.4 is 0 Å². The number of fused-ring (bicyclic) bond motifs is 5. The van der Waals surface area contributed by atoms with Crippen molar-refractivity contribution in [2.45, 2.75) is 76.9 Å². The predicted octanol–water partition coefficient (Wildman–Crippen LogP) is 4.80. The van der Waals surface area contributed by atoms with Gasteiger partial charge in [-0.2, -0.15) is 15.0 Å². The second-order valence-electron chi connectivity index (χ2n) is 10.9. The summed E-state index contributed by atoms with van der Waals surface area (Å²) in [5.74, 6) is 4.20. The highest BCUT2D eigenvalue weighted by atomic mass is 19.1. The molecule has 1 N–H and O–H groups in total. The average molecular weight is 402 g/mol. The molecule has 0 bridgehead atoms. The number of hydrogen-bond acceptors (Lipinski definition) is 3. The van der Waals surface area contributed by atoms with E-state index < -0.39 is 12.3 Å². The summed E-state index contributed by atoms with van der Waals surface area (Å²) in [4.78, 5) is 1.77. The third-order valence-corrected chi connectivity index (χ3v) is 9.66. The Bertz CT molecular complexity index is 751. The Balaban J connectivity index is 1.31. The van der Waals surface area contributed by atoms with E-state index in [1.807, 2.05) is 0 Å². The average Bonchev–Trinajstić information content (AvgIpc) is 3.34. The molecule has 0 radical (unpaired) electrons. The van der Waals surface area contributed by atoms with Crippen LogP contribution in [0.3, 0.4) is 0 Å². The van der Waals surface area contributed by atoms with Gasteiger partial charge in [0.2, 0.25) is 0 Å². The van der Waals surface area contributed by atoms with Gasteiger partial charge >= 0.3 is 0 Å². The molecule has 4 saturated carbocycles. The van der Waals surface area contributed by atoms with Gasteiger partial charge in [0.05, 0.1) is 24.5 Å². The maximum atomic E-state index is 13.4. The van der Waals surface area contributed by atoms with Crippen LogP contribution in [0.25, 0.3) is 0 Å². The van der Waals surface area contributed by atoms with Crippen molar-refractivity contribution in [2.24, 2.45) is 40.9 Å². The monoisotopic (exact) mass is 401 g/mol. The zero-order chi connectivity index (χ0) is 20.2. The van der Waals surface area contributed by atoms with Crippen molar-refractivity contribution in [1.29, 1.82) is 0 Å². The van der Waals surface area contributed by atoms with Crippen LogP contribution >= 0.6 is 0 Å². The lowest BCUT2D eigenvalue weighted by molar-refractivity contribution is -0.110. The highest BCUT2D eigenvalue weighted by Gasteiger charge is 2.58. The number of nitrogens with zero attached hydrogens (tertiary/aromatic N) is 3. The largest absolute Gasteiger partial charge is 0.387 e. The van der Waals surface area contributed by atoms with E-state index in [1.54, 1.807) is 17.2 Å². The quantitative estimate of drug-likeness (QED) is 0.737. The normalized spacial score (nSPS) is 46.6. The topological polar surface area (TPSA) is 50.9 Å². The van der Waals surface area contributed by atoms with Crippen LogP contribution in [0.5, 0.6) is 0 Å². The van der Waals surface area contributed by atoms with E-state index in [0.717, 1.165) is 30.7 Å². The zero-order valence-corrected chi connectivity index (χ0v) is 17.8. The number of alkyl halides is 1. The third kappa shape index (κ3) is 3.19. The van der Waals surface area contributed by atoms with Gasteiger partial charge in [-0.05, 0) is 98.7 Å². The molecule has 160 valence electrons. The minimum Gasteiger partial charge on any atom is -0.387 e. The van der Waals surface area contributed by atoms with Crippen LogP contribution in [-0.2, 0) is 6.54 Å². The molecule has 4 aliphatic rings. The first-order chi connectivity index (χ1) is 13.9. The van der Waals surface area contributed by atoms with Gasteiger partial charge in [-0.15, -0.1) is 0 Å². The van der Waals surface area contributed by atoms with E-state index in [1.165, 1.54) is 44.1 Å². The summed E-state index contributed by atoms with van der Waals surface area (Å²) in [6.45, 7) is 7.18. The number of aliphatic hydroxyl groups is 1. The molecule has 0 amide bonds. The van der Waals surface area contributed by atoms with Crippen LogP contribution in [0, 0.1) is 40.9 Å². The smallest absolute Gasteiger partial charge is 0.118 e. The molecule has 5 heteroatoms. The number of hydrogen-bond donors (Lipinski definition) is 1. The van der Waals surface area contributed by atoms with Gasteiger partial charge in [0.25, 0.3) is 0 Å². The Hall–Kier alpha value is -1.23. The van der Waals surface area contributed by atoms with Crippen molar-refractivity contribution in [3.8, 4) is 0 Å². The van der Waals surface area contributed by atoms with Crippen LogP contribution in [0.15, 0.2) is 24.5 Å². The molecule has 4 fully saturated rings. The molecule has 0 aliphatic heterocycles. The van der Waals surface area contributed by atoms with Crippen LogP contribution in [-0.4, -0.2) is 32.4 Å². The molecule has 5 rings (SSSR count). The number of halogens is 1. The first-order valence-corrected chi connectivity index (χ1v) is 11.7. The molecular formula is C24H36FN3O. The molecule has 4 nitrogen and oxygen atoms in total. The van der Waals surface area contributed by atoms with Gasteiger partial charge in [0.15, 0.2) is 0 Å².